The number of anilines is 1. The zero-order chi connectivity index (χ0) is 11.3. The average molecular weight is 206 g/mol. The predicted octanol–water partition coefficient (Wildman–Crippen LogP) is 3.03. The Morgan fingerprint density at radius 3 is 2.73 bits per heavy atom. The molecule has 0 aliphatic rings. The van der Waals surface area contributed by atoms with Crippen LogP contribution in [0.4, 0.5) is 10.1 Å². The van der Waals surface area contributed by atoms with E-state index in [0.29, 0.717) is 12.5 Å². The van der Waals surface area contributed by atoms with Gasteiger partial charge in [0.1, 0.15) is 5.82 Å². The lowest BCUT2D eigenvalue weighted by molar-refractivity contribution is 0.496. The Labute approximate surface area is 89.7 Å². The molecule has 15 heavy (non-hydrogen) atoms. The van der Waals surface area contributed by atoms with Gasteiger partial charge in [-0.2, -0.15) is 5.26 Å². The molecule has 3 heteroatoms. The lowest BCUT2D eigenvalue weighted by Crippen LogP contribution is -2.17. The average Bonchev–Trinajstić information content (AvgIpc) is 2.18. The van der Waals surface area contributed by atoms with E-state index in [9.17, 15) is 4.39 Å². The highest BCUT2D eigenvalue weighted by Gasteiger charge is 2.11. The second-order valence-corrected chi connectivity index (χ2v) is 3.87. The second-order valence-electron chi connectivity index (χ2n) is 3.87. The quantitative estimate of drug-likeness (QED) is 0.821. The van der Waals surface area contributed by atoms with Gasteiger partial charge >= 0.3 is 0 Å². The maximum atomic E-state index is 12.8. The summed E-state index contributed by atoms with van der Waals surface area (Å²) in [5.74, 6) is -0.0117. The molecule has 0 aliphatic heterocycles. The van der Waals surface area contributed by atoms with E-state index in [4.69, 9.17) is 5.26 Å². The molecule has 1 N–H and O–H groups in total. The zero-order valence-electron chi connectivity index (χ0n) is 9.00. The summed E-state index contributed by atoms with van der Waals surface area (Å²) in [5.41, 5.74) is 0.718. The first-order valence-electron chi connectivity index (χ1n) is 5.02. The van der Waals surface area contributed by atoms with E-state index in [1.54, 1.807) is 12.1 Å². The van der Waals surface area contributed by atoms with E-state index in [0.717, 1.165) is 5.69 Å². The first kappa shape index (κ1) is 11.5. The molecule has 2 nitrogen and oxygen atoms in total. The van der Waals surface area contributed by atoms with Gasteiger partial charge in [0.05, 0.1) is 12.0 Å². The van der Waals surface area contributed by atoms with Crippen LogP contribution in [0.25, 0.3) is 0 Å². The SMILES string of the molecule is CC(C)C(C#N)CNc1cccc(F)c1. The standard InChI is InChI=1S/C12H15FN2/c1-9(2)10(7-14)8-15-12-5-3-4-11(13)6-12/h3-6,9-10,15H,8H2,1-2H3. The molecule has 0 spiro atoms. The molecule has 0 bridgehead atoms. The Kier molecular flexibility index (Phi) is 4.11. The minimum absolute atomic E-state index is 0.0479. The Morgan fingerprint density at radius 1 is 1.47 bits per heavy atom. The van der Waals surface area contributed by atoms with Gasteiger partial charge in [0.25, 0.3) is 0 Å². The molecule has 0 aliphatic carbocycles. The molecule has 80 valence electrons. The number of hydrogen-bond acceptors (Lipinski definition) is 2. The van der Waals surface area contributed by atoms with Crippen LogP contribution in [0.5, 0.6) is 0 Å². The van der Waals surface area contributed by atoms with Crippen molar-refractivity contribution in [3.05, 3.63) is 30.1 Å². The lowest BCUT2D eigenvalue weighted by atomic mass is 9.97. The monoisotopic (exact) mass is 206 g/mol. The maximum absolute atomic E-state index is 12.8. The fraction of sp³-hybridized carbons (Fsp3) is 0.417. The third kappa shape index (κ3) is 3.59. The fourth-order valence-electron chi connectivity index (χ4n) is 1.26. The first-order valence-corrected chi connectivity index (χ1v) is 5.02. The van der Waals surface area contributed by atoms with E-state index >= 15 is 0 Å². The predicted molar refractivity (Wildman–Crippen MR) is 58.8 cm³/mol. The van der Waals surface area contributed by atoms with Crippen molar-refractivity contribution in [1.29, 1.82) is 5.26 Å². The highest BCUT2D eigenvalue weighted by Crippen LogP contribution is 2.13. The molecule has 0 aromatic heterocycles. The van der Waals surface area contributed by atoms with E-state index < -0.39 is 0 Å². The molecule has 0 amide bonds. The minimum atomic E-state index is -0.266. The third-order valence-electron chi connectivity index (χ3n) is 2.32. The van der Waals surface area contributed by atoms with E-state index in [1.165, 1.54) is 12.1 Å². The van der Waals surface area contributed by atoms with Crippen molar-refractivity contribution in [2.24, 2.45) is 11.8 Å². The lowest BCUT2D eigenvalue weighted by Gasteiger charge is -2.14. The second kappa shape index (κ2) is 5.35. The van der Waals surface area contributed by atoms with Crippen molar-refractivity contribution >= 4 is 5.69 Å². The number of halogens is 1. The van der Waals surface area contributed by atoms with Gasteiger partial charge in [0.15, 0.2) is 0 Å². The maximum Gasteiger partial charge on any atom is 0.125 e. The summed E-state index contributed by atoms with van der Waals surface area (Å²) in [6, 6.07) is 8.49. The topological polar surface area (TPSA) is 35.8 Å². The number of hydrogen-bond donors (Lipinski definition) is 1. The zero-order valence-corrected chi connectivity index (χ0v) is 9.00. The molecule has 0 saturated heterocycles. The smallest absolute Gasteiger partial charge is 0.125 e. The van der Waals surface area contributed by atoms with Gasteiger partial charge in [-0.3, -0.25) is 0 Å². The van der Waals surface area contributed by atoms with Crippen LogP contribution in [-0.2, 0) is 0 Å². The van der Waals surface area contributed by atoms with Crippen molar-refractivity contribution in [2.45, 2.75) is 13.8 Å². The molecule has 0 radical (unpaired) electrons. The highest BCUT2D eigenvalue weighted by molar-refractivity contribution is 5.43. The van der Waals surface area contributed by atoms with Gasteiger partial charge in [0, 0.05) is 12.2 Å². The minimum Gasteiger partial charge on any atom is -0.384 e. The molecule has 0 fully saturated rings. The fourth-order valence-corrected chi connectivity index (χ4v) is 1.26. The summed E-state index contributed by atoms with van der Waals surface area (Å²) in [6.45, 7) is 4.56. The molecule has 1 aromatic rings. The molecular formula is C12H15FN2. The van der Waals surface area contributed by atoms with Gasteiger partial charge in [-0.25, -0.2) is 4.39 Å². The summed E-state index contributed by atoms with van der Waals surface area (Å²) in [5, 5.41) is 11.9. The Morgan fingerprint density at radius 2 is 2.20 bits per heavy atom. The Hall–Kier alpha value is -1.56. The Bertz CT molecular complexity index is 355. The van der Waals surface area contributed by atoms with Crippen LogP contribution < -0.4 is 5.32 Å². The molecule has 0 heterocycles. The van der Waals surface area contributed by atoms with Crippen LogP contribution in [0.15, 0.2) is 24.3 Å². The van der Waals surface area contributed by atoms with Gasteiger partial charge in [-0.1, -0.05) is 19.9 Å². The normalized spacial score (nSPS) is 12.2. The molecule has 1 atom stereocenters. The van der Waals surface area contributed by atoms with Crippen LogP contribution in [0.2, 0.25) is 0 Å². The van der Waals surface area contributed by atoms with Crippen molar-refractivity contribution < 1.29 is 4.39 Å². The number of rotatable bonds is 4. The number of nitriles is 1. The van der Waals surface area contributed by atoms with E-state index in [1.807, 2.05) is 13.8 Å². The molecular weight excluding hydrogens is 191 g/mol. The van der Waals surface area contributed by atoms with Gasteiger partial charge in [-0.05, 0) is 24.1 Å². The van der Waals surface area contributed by atoms with Crippen LogP contribution in [0, 0.1) is 29.0 Å². The molecule has 1 aromatic carbocycles. The van der Waals surface area contributed by atoms with Crippen LogP contribution >= 0.6 is 0 Å². The van der Waals surface area contributed by atoms with Crippen molar-refractivity contribution in [3.8, 4) is 6.07 Å². The van der Waals surface area contributed by atoms with Gasteiger partial charge in [-0.15, -0.1) is 0 Å². The van der Waals surface area contributed by atoms with Crippen molar-refractivity contribution in [2.75, 3.05) is 11.9 Å². The van der Waals surface area contributed by atoms with Gasteiger partial charge in [0.2, 0.25) is 0 Å². The summed E-state index contributed by atoms with van der Waals surface area (Å²) < 4.78 is 12.8. The number of benzene rings is 1. The first-order chi connectivity index (χ1) is 7.13. The van der Waals surface area contributed by atoms with Crippen LogP contribution in [0.1, 0.15) is 13.8 Å². The van der Waals surface area contributed by atoms with Crippen molar-refractivity contribution in [1.82, 2.24) is 0 Å². The number of nitrogens with zero attached hydrogens (tertiary/aromatic N) is 1. The molecule has 1 rings (SSSR count). The highest BCUT2D eigenvalue weighted by atomic mass is 19.1. The molecule has 1 unspecified atom stereocenters. The summed E-state index contributed by atoms with van der Waals surface area (Å²) in [7, 11) is 0. The van der Waals surface area contributed by atoms with E-state index in [2.05, 4.69) is 11.4 Å². The summed E-state index contributed by atoms with van der Waals surface area (Å²) in [6.07, 6.45) is 0. The van der Waals surface area contributed by atoms with Crippen LogP contribution in [-0.4, -0.2) is 6.54 Å². The van der Waals surface area contributed by atoms with Gasteiger partial charge < -0.3 is 5.32 Å². The Balaban J connectivity index is 2.53. The van der Waals surface area contributed by atoms with Crippen LogP contribution in [0.3, 0.4) is 0 Å². The summed E-state index contributed by atoms with van der Waals surface area (Å²) in [4.78, 5) is 0. The van der Waals surface area contributed by atoms with Crippen molar-refractivity contribution in [3.63, 3.8) is 0 Å². The largest absolute Gasteiger partial charge is 0.384 e. The molecule has 0 saturated carbocycles. The number of nitrogens with one attached hydrogen (secondary N) is 1. The third-order valence-corrected chi connectivity index (χ3v) is 2.32. The summed E-state index contributed by atoms with van der Waals surface area (Å²) >= 11 is 0. The van der Waals surface area contributed by atoms with E-state index in [-0.39, 0.29) is 11.7 Å².